The molecule has 1 heterocycles. The van der Waals surface area contributed by atoms with Crippen molar-refractivity contribution in [2.75, 3.05) is 37.2 Å². The van der Waals surface area contributed by atoms with Gasteiger partial charge in [0.1, 0.15) is 5.82 Å². The van der Waals surface area contributed by atoms with Gasteiger partial charge in [0.15, 0.2) is 0 Å². The molecule has 36 heavy (non-hydrogen) atoms. The molecule has 2 aromatic rings. The number of aryl methyl sites for hydroxylation is 1. The van der Waals surface area contributed by atoms with E-state index < -0.39 is 28.7 Å². The van der Waals surface area contributed by atoms with Crippen LogP contribution in [0.5, 0.6) is 0 Å². The molecule has 3 rings (SSSR count). The highest BCUT2D eigenvalue weighted by Gasteiger charge is 2.37. The van der Waals surface area contributed by atoms with Gasteiger partial charge in [-0.15, -0.1) is 0 Å². The van der Waals surface area contributed by atoms with Gasteiger partial charge in [0.2, 0.25) is 10.0 Å². The zero-order valence-corrected chi connectivity index (χ0v) is 21.4. The number of benzene rings is 2. The number of sulfonamides is 1. The first-order chi connectivity index (χ1) is 16.8. The lowest BCUT2D eigenvalue weighted by atomic mass is 9.94. The molecule has 2 N–H and O–H groups in total. The average Bonchev–Trinajstić information content (AvgIpc) is 2.78. The van der Waals surface area contributed by atoms with Gasteiger partial charge in [-0.2, -0.15) is 17.5 Å². The van der Waals surface area contributed by atoms with E-state index in [-0.39, 0.29) is 43.7 Å². The van der Waals surface area contributed by atoms with E-state index in [1.807, 2.05) is 20.8 Å². The van der Waals surface area contributed by atoms with E-state index in [1.165, 1.54) is 16.4 Å². The third-order valence-electron chi connectivity index (χ3n) is 6.15. The van der Waals surface area contributed by atoms with Gasteiger partial charge in [0.05, 0.1) is 12.2 Å². The quantitative estimate of drug-likeness (QED) is 0.334. The first kappa shape index (κ1) is 28.1. The second kappa shape index (κ2) is 11.3. The zero-order chi connectivity index (χ0) is 26.7. The van der Waals surface area contributed by atoms with E-state index in [1.54, 1.807) is 29.2 Å². The Morgan fingerprint density at radius 2 is 1.83 bits per heavy atom. The lowest BCUT2D eigenvalue weighted by Crippen LogP contribution is -2.51. The predicted molar refractivity (Wildman–Crippen MR) is 134 cm³/mol. The number of anilines is 2. The number of alkyl halides is 3. The summed E-state index contributed by atoms with van der Waals surface area (Å²) in [6, 6.07) is 8.64. The van der Waals surface area contributed by atoms with Crippen LogP contribution in [0.25, 0.3) is 0 Å². The number of hydrogen-bond acceptors (Lipinski definition) is 5. The number of piperazine rings is 1. The molecule has 1 aliphatic heterocycles. The Kier molecular flexibility index (Phi) is 8.79. The van der Waals surface area contributed by atoms with Crippen LogP contribution < -0.4 is 5.32 Å². The van der Waals surface area contributed by atoms with E-state index >= 15 is 0 Å². The molecule has 0 saturated carbocycles. The normalized spacial score (nSPS) is 17.9. The van der Waals surface area contributed by atoms with Crippen LogP contribution in [0.1, 0.15) is 43.0 Å². The van der Waals surface area contributed by atoms with E-state index in [9.17, 15) is 26.0 Å². The van der Waals surface area contributed by atoms with Crippen molar-refractivity contribution in [3.05, 3.63) is 58.9 Å². The lowest BCUT2D eigenvalue weighted by molar-refractivity contribution is -0.140. The second-order valence-corrected chi connectivity index (χ2v) is 11.5. The summed E-state index contributed by atoms with van der Waals surface area (Å²) in [5.41, 5.74) is 3.10. The van der Waals surface area contributed by atoms with Crippen molar-refractivity contribution in [1.82, 2.24) is 9.21 Å². The molecule has 0 unspecified atom stereocenters. The number of halogens is 4. The summed E-state index contributed by atoms with van der Waals surface area (Å²) < 4.78 is 79.6. The summed E-state index contributed by atoms with van der Waals surface area (Å²) in [5.74, 6) is -0.500. The van der Waals surface area contributed by atoms with Gasteiger partial charge in [-0.25, -0.2) is 12.8 Å². The van der Waals surface area contributed by atoms with Gasteiger partial charge < -0.3 is 10.7 Å². The van der Waals surface area contributed by atoms with Crippen LogP contribution >= 0.6 is 0 Å². The highest BCUT2D eigenvalue weighted by Crippen LogP contribution is 2.34. The standard InChI is InChI=1S/C25H32F4N4O2S/c1-17(2)16-36(34,35)33-11-10-32(9-8-25(27,28)29)24(15-33)22-13-19(14-30)23(12-18(22)3)31-21-6-4-20(26)5-7-21/h4-7,12-14,17,24,30-31H,8-11,15-16H2,1-3H3/t24-/m1/s1. The topological polar surface area (TPSA) is 76.5 Å². The SMILES string of the molecule is Cc1cc(Nc2ccc(F)cc2)c(C=N)cc1[C@H]1CN(S(=O)(=O)CC(C)C)CCN1CCC(F)(F)F. The Morgan fingerprint density at radius 1 is 1.17 bits per heavy atom. The molecule has 0 aromatic heterocycles. The molecular formula is C25H32F4N4O2S. The fraction of sp³-hybridized carbons (Fsp3) is 0.480. The van der Waals surface area contributed by atoms with Crippen molar-refractivity contribution in [1.29, 1.82) is 5.41 Å². The molecule has 1 aliphatic rings. The molecule has 6 nitrogen and oxygen atoms in total. The predicted octanol–water partition coefficient (Wildman–Crippen LogP) is 5.47. The number of rotatable bonds is 9. The van der Waals surface area contributed by atoms with Crippen molar-refractivity contribution >= 4 is 27.6 Å². The zero-order valence-electron chi connectivity index (χ0n) is 20.6. The van der Waals surface area contributed by atoms with Crippen molar-refractivity contribution in [3.63, 3.8) is 0 Å². The Morgan fingerprint density at radius 3 is 2.42 bits per heavy atom. The summed E-state index contributed by atoms with van der Waals surface area (Å²) in [6.07, 6.45) is -4.20. The summed E-state index contributed by atoms with van der Waals surface area (Å²) in [4.78, 5) is 1.68. The maximum absolute atomic E-state index is 13.3. The molecule has 0 spiro atoms. The molecule has 11 heteroatoms. The molecule has 0 amide bonds. The Labute approximate surface area is 209 Å². The molecule has 1 fully saturated rings. The highest BCUT2D eigenvalue weighted by atomic mass is 32.2. The van der Waals surface area contributed by atoms with E-state index in [2.05, 4.69) is 5.32 Å². The summed E-state index contributed by atoms with van der Waals surface area (Å²) in [5, 5.41) is 11.0. The minimum absolute atomic E-state index is 0.0342. The Balaban J connectivity index is 1.96. The molecule has 1 atom stereocenters. The summed E-state index contributed by atoms with van der Waals surface area (Å²) in [7, 11) is -3.57. The summed E-state index contributed by atoms with van der Waals surface area (Å²) in [6.45, 7) is 5.51. The third-order valence-corrected chi connectivity index (χ3v) is 8.36. The first-order valence-corrected chi connectivity index (χ1v) is 13.4. The summed E-state index contributed by atoms with van der Waals surface area (Å²) >= 11 is 0. The fourth-order valence-corrected chi connectivity index (χ4v) is 6.21. The highest BCUT2D eigenvalue weighted by molar-refractivity contribution is 7.89. The maximum Gasteiger partial charge on any atom is 0.390 e. The molecule has 0 radical (unpaired) electrons. The van der Waals surface area contributed by atoms with Gasteiger partial charge >= 0.3 is 6.18 Å². The van der Waals surface area contributed by atoms with Gasteiger partial charge in [-0.05, 0) is 60.4 Å². The second-order valence-electron chi connectivity index (χ2n) is 9.52. The fourth-order valence-electron chi connectivity index (χ4n) is 4.43. The molecule has 1 saturated heterocycles. The lowest BCUT2D eigenvalue weighted by Gasteiger charge is -2.42. The minimum Gasteiger partial charge on any atom is -0.355 e. The number of nitrogens with one attached hydrogen (secondary N) is 2. The Hall–Kier alpha value is -2.50. The molecular weight excluding hydrogens is 496 g/mol. The minimum atomic E-state index is -4.33. The van der Waals surface area contributed by atoms with Crippen LogP contribution in [-0.2, 0) is 10.0 Å². The number of nitrogens with zero attached hydrogens (tertiary/aromatic N) is 2. The van der Waals surface area contributed by atoms with E-state index in [4.69, 9.17) is 5.41 Å². The number of hydrogen-bond donors (Lipinski definition) is 2. The third kappa shape index (κ3) is 7.27. The van der Waals surface area contributed by atoms with Crippen LogP contribution in [-0.4, -0.2) is 61.9 Å². The van der Waals surface area contributed by atoms with Gasteiger partial charge in [-0.3, -0.25) is 4.90 Å². The largest absolute Gasteiger partial charge is 0.390 e. The smallest absolute Gasteiger partial charge is 0.355 e. The monoisotopic (exact) mass is 528 g/mol. The molecule has 0 aliphatic carbocycles. The van der Waals surface area contributed by atoms with E-state index in [0.29, 0.717) is 22.5 Å². The molecule has 0 bridgehead atoms. The van der Waals surface area contributed by atoms with E-state index in [0.717, 1.165) is 11.8 Å². The first-order valence-electron chi connectivity index (χ1n) is 11.8. The van der Waals surface area contributed by atoms with Gasteiger partial charge in [0.25, 0.3) is 0 Å². The van der Waals surface area contributed by atoms with Crippen LogP contribution in [0.15, 0.2) is 36.4 Å². The molecule has 2 aromatic carbocycles. The van der Waals surface area contributed by atoms with Gasteiger partial charge in [0, 0.05) is 55.4 Å². The average molecular weight is 529 g/mol. The Bertz CT molecular complexity index is 1170. The van der Waals surface area contributed by atoms with Crippen molar-refractivity contribution in [3.8, 4) is 0 Å². The van der Waals surface area contributed by atoms with Gasteiger partial charge in [-0.1, -0.05) is 13.8 Å². The van der Waals surface area contributed by atoms with Crippen molar-refractivity contribution < 1.29 is 26.0 Å². The molecule has 198 valence electrons. The van der Waals surface area contributed by atoms with Crippen LogP contribution in [0.4, 0.5) is 28.9 Å². The van der Waals surface area contributed by atoms with Crippen molar-refractivity contribution in [2.24, 2.45) is 5.92 Å². The van der Waals surface area contributed by atoms with Crippen LogP contribution in [0, 0.1) is 24.1 Å². The van der Waals surface area contributed by atoms with Crippen LogP contribution in [0.2, 0.25) is 0 Å². The maximum atomic E-state index is 13.3. The van der Waals surface area contributed by atoms with Crippen LogP contribution in [0.3, 0.4) is 0 Å². The van der Waals surface area contributed by atoms with Crippen molar-refractivity contribution in [2.45, 2.75) is 39.4 Å².